The zero-order chi connectivity index (χ0) is 13.3. The van der Waals surface area contributed by atoms with Crippen LogP contribution in [0.3, 0.4) is 0 Å². The summed E-state index contributed by atoms with van der Waals surface area (Å²) in [5.41, 5.74) is 0.545. The Morgan fingerprint density at radius 1 is 1.50 bits per heavy atom. The highest BCUT2D eigenvalue weighted by atomic mass is 16.6. The van der Waals surface area contributed by atoms with Gasteiger partial charge in [0.15, 0.2) is 6.10 Å². The van der Waals surface area contributed by atoms with Crippen LogP contribution in [0, 0.1) is 0 Å². The van der Waals surface area contributed by atoms with Crippen LogP contribution in [0.15, 0.2) is 5.16 Å². The number of likely N-dealkylation sites (tertiary alicyclic amines) is 1. The molecule has 102 valence electrons. The van der Waals surface area contributed by atoms with Crippen molar-refractivity contribution in [3.63, 3.8) is 0 Å². The molecule has 0 N–H and O–H groups in total. The van der Waals surface area contributed by atoms with Gasteiger partial charge in [-0.3, -0.25) is 0 Å². The number of hydrogen-bond acceptors (Lipinski definition) is 4. The van der Waals surface area contributed by atoms with Crippen LogP contribution >= 0.6 is 0 Å². The zero-order valence-electron chi connectivity index (χ0n) is 11.6. The lowest BCUT2D eigenvalue weighted by Gasteiger charge is -2.30. The summed E-state index contributed by atoms with van der Waals surface area (Å²) < 4.78 is 5.43. The molecular weight excluding hydrogens is 232 g/mol. The van der Waals surface area contributed by atoms with Crippen LogP contribution in [0.5, 0.6) is 0 Å². The first-order valence-electron chi connectivity index (χ1n) is 6.56. The highest BCUT2D eigenvalue weighted by molar-refractivity contribution is 5.83. The van der Waals surface area contributed by atoms with E-state index in [0.29, 0.717) is 0 Å². The number of nitrogens with zero attached hydrogens (tertiary/aromatic N) is 2. The molecule has 0 aromatic carbocycles. The molecule has 0 spiro atoms. The third-order valence-electron chi connectivity index (χ3n) is 3.20. The molecule has 2 heterocycles. The Labute approximate surface area is 108 Å². The summed E-state index contributed by atoms with van der Waals surface area (Å²) in [6.45, 7) is 8.35. The van der Waals surface area contributed by atoms with E-state index in [1.54, 1.807) is 4.90 Å². The highest BCUT2D eigenvalue weighted by Gasteiger charge is 2.40. The molecule has 0 radical (unpaired) electrons. The summed E-state index contributed by atoms with van der Waals surface area (Å²) in [6, 6.07) is 0.0982. The second kappa shape index (κ2) is 4.78. The molecule has 0 bridgehead atoms. The number of amides is 1. The number of ether oxygens (including phenoxy) is 1. The minimum atomic E-state index is -0.451. The maximum Gasteiger partial charge on any atom is 0.410 e. The molecule has 2 atom stereocenters. The quantitative estimate of drug-likeness (QED) is 0.722. The number of carbonyl (C=O) groups excluding carboxylic acids is 1. The highest BCUT2D eigenvalue weighted by Crippen LogP contribution is 2.28. The topological polar surface area (TPSA) is 51.1 Å². The van der Waals surface area contributed by atoms with Gasteiger partial charge in [0.1, 0.15) is 5.60 Å². The second-order valence-electron chi connectivity index (χ2n) is 6.06. The van der Waals surface area contributed by atoms with Crippen molar-refractivity contribution in [2.75, 3.05) is 6.54 Å². The summed E-state index contributed by atoms with van der Waals surface area (Å²) >= 11 is 0. The van der Waals surface area contributed by atoms with Crippen molar-refractivity contribution in [2.45, 2.75) is 64.7 Å². The van der Waals surface area contributed by atoms with Crippen LogP contribution in [-0.4, -0.2) is 41.0 Å². The Balaban J connectivity index is 1.97. The monoisotopic (exact) mass is 254 g/mol. The number of oxime groups is 1. The lowest BCUT2D eigenvalue weighted by Crippen LogP contribution is -2.45. The summed E-state index contributed by atoms with van der Waals surface area (Å²) in [5.74, 6) is 0. The maximum atomic E-state index is 12.1. The first kappa shape index (κ1) is 13.2. The van der Waals surface area contributed by atoms with Crippen LogP contribution in [0.25, 0.3) is 0 Å². The van der Waals surface area contributed by atoms with Gasteiger partial charge >= 0.3 is 6.09 Å². The predicted octanol–water partition coefficient (Wildman–Crippen LogP) is 2.55. The van der Waals surface area contributed by atoms with Crippen molar-refractivity contribution in [1.29, 1.82) is 0 Å². The Hall–Kier alpha value is -1.26. The van der Waals surface area contributed by atoms with Crippen molar-refractivity contribution >= 4 is 11.8 Å². The van der Waals surface area contributed by atoms with E-state index in [2.05, 4.69) is 5.16 Å². The Morgan fingerprint density at radius 2 is 2.22 bits per heavy atom. The van der Waals surface area contributed by atoms with Gasteiger partial charge < -0.3 is 14.5 Å². The summed E-state index contributed by atoms with van der Waals surface area (Å²) in [7, 11) is 0. The minimum absolute atomic E-state index is 0.0000170. The van der Waals surface area contributed by atoms with Gasteiger partial charge in [0, 0.05) is 13.0 Å². The molecule has 2 rings (SSSR count). The first-order valence-corrected chi connectivity index (χ1v) is 6.56. The molecule has 0 aromatic heterocycles. The van der Waals surface area contributed by atoms with Gasteiger partial charge in [0.25, 0.3) is 0 Å². The van der Waals surface area contributed by atoms with E-state index in [9.17, 15) is 4.79 Å². The molecule has 5 heteroatoms. The molecule has 2 aliphatic heterocycles. The van der Waals surface area contributed by atoms with E-state index in [0.717, 1.165) is 31.5 Å². The molecule has 2 aliphatic rings. The molecule has 1 amide bonds. The van der Waals surface area contributed by atoms with Crippen LogP contribution in [0.1, 0.15) is 47.0 Å². The first-order chi connectivity index (χ1) is 8.37. The smallest absolute Gasteiger partial charge is 0.410 e. The number of hydrogen-bond donors (Lipinski definition) is 0. The van der Waals surface area contributed by atoms with Crippen molar-refractivity contribution in [3.8, 4) is 0 Å². The van der Waals surface area contributed by atoms with Crippen LogP contribution in [0.4, 0.5) is 4.79 Å². The van der Waals surface area contributed by atoms with Gasteiger partial charge in [0.05, 0.1) is 11.8 Å². The van der Waals surface area contributed by atoms with Crippen LogP contribution in [-0.2, 0) is 9.57 Å². The van der Waals surface area contributed by atoms with Crippen LogP contribution in [0.2, 0.25) is 0 Å². The molecule has 1 saturated heterocycles. The fourth-order valence-corrected chi connectivity index (χ4v) is 2.46. The van der Waals surface area contributed by atoms with Gasteiger partial charge in [0.2, 0.25) is 0 Å². The Kier molecular flexibility index (Phi) is 3.50. The van der Waals surface area contributed by atoms with E-state index in [-0.39, 0.29) is 18.2 Å². The Bertz CT molecular complexity index is 360. The molecular formula is C13H22N2O3. The fourth-order valence-electron chi connectivity index (χ4n) is 2.46. The molecule has 0 unspecified atom stereocenters. The largest absolute Gasteiger partial charge is 0.444 e. The zero-order valence-corrected chi connectivity index (χ0v) is 11.6. The van der Waals surface area contributed by atoms with E-state index in [4.69, 9.17) is 9.57 Å². The fraction of sp³-hybridized carbons (Fsp3) is 0.846. The summed E-state index contributed by atoms with van der Waals surface area (Å²) in [6.07, 6.45) is 2.54. The lowest BCUT2D eigenvalue weighted by atomic mass is 10.0. The van der Waals surface area contributed by atoms with E-state index < -0.39 is 5.60 Å². The van der Waals surface area contributed by atoms with Gasteiger partial charge in [-0.15, -0.1) is 0 Å². The molecule has 18 heavy (non-hydrogen) atoms. The lowest BCUT2D eigenvalue weighted by molar-refractivity contribution is -0.00793. The normalized spacial score (nSPS) is 28.0. The van der Waals surface area contributed by atoms with Crippen molar-refractivity contribution in [2.24, 2.45) is 5.16 Å². The molecule has 0 saturated carbocycles. The third kappa shape index (κ3) is 2.94. The van der Waals surface area contributed by atoms with Crippen molar-refractivity contribution < 1.29 is 14.4 Å². The van der Waals surface area contributed by atoms with E-state index in [1.807, 2.05) is 27.7 Å². The van der Waals surface area contributed by atoms with Gasteiger partial charge in [-0.2, -0.15) is 0 Å². The Morgan fingerprint density at radius 3 is 2.78 bits per heavy atom. The summed E-state index contributed by atoms with van der Waals surface area (Å²) in [5, 5.41) is 3.97. The van der Waals surface area contributed by atoms with E-state index in [1.165, 1.54) is 0 Å². The van der Waals surface area contributed by atoms with Crippen molar-refractivity contribution in [3.05, 3.63) is 0 Å². The van der Waals surface area contributed by atoms with Crippen LogP contribution < -0.4 is 0 Å². The third-order valence-corrected chi connectivity index (χ3v) is 3.20. The predicted molar refractivity (Wildman–Crippen MR) is 68.6 cm³/mol. The van der Waals surface area contributed by atoms with Gasteiger partial charge in [-0.05, 0) is 40.5 Å². The second-order valence-corrected chi connectivity index (χ2v) is 6.06. The standard InChI is InChI=1S/C13H22N2O3/c1-9-8-11(18-14-9)10-6-5-7-15(10)12(16)17-13(2,3)4/h10-11H,5-8H2,1-4H3/t10-,11+/m0/s1. The average molecular weight is 254 g/mol. The molecule has 1 fully saturated rings. The molecule has 0 aromatic rings. The SMILES string of the molecule is CC1=NO[C@@H]([C@@H]2CCCN2C(=O)OC(C)(C)C)C1. The van der Waals surface area contributed by atoms with Gasteiger partial charge in [-0.25, -0.2) is 4.79 Å². The minimum Gasteiger partial charge on any atom is -0.444 e. The maximum absolute atomic E-state index is 12.1. The average Bonchev–Trinajstić information content (AvgIpc) is 2.81. The van der Waals surface area contributed by atoms with Gasteiger partial charge in [-0.1, -0.05) is 5.16 Å². The number of rotatable bonds is 1. The van der Waals surface area contributed by atoms with Crippen molar-refractivity contribution in [1.82, 2.24) is 4.90 Å². The molecule has 5 nitrogen and oxygen atoms in total. The number of carbonyl (C=O) groups is 1. The molecule has 0 aliphatic carbocycles. The van der Waals surface area contributed by atoms with E-state index >= 15 is 0 Å². The summed E-state index contributed by atoms with van der Waals surface area (Å²) in [4.78, 5) is 19.3.